The summed E-state index contributed by atoms with van der Waals surface area (Å²) in [6.07, 6.45) is 6.76. The number of aryl methyl sites for hydroxylation is 1. The smallest absolute Gasteiger partial charge is 0.232 e. The first-order valence-corrected chi connectivity index (χ1v) is 12.8. The number of rotatable bonds is 7. The first-order valence-electron chi connectivity index (χ1n) is 10.8. The number of ether oxygens (including phenoxy) is 1. The monoisotopic (exact) mass is 468 g/mol. The number of aromatic nitrogens is 5. The lowest BCUT2D eigenvalue weighted by atomic mass is 9.86. The number of amides is 1. The van der Waals surface area contributed by atoms with E-state index in [-0.39, 0.29) is 17.6 Å². The SMILES string of the molecule is CS(=O)(=O)CCCNC(=O)C1CCc2[nH]c3ncnc(Oc4ccc5[nH]ncc5c4)c3c2C1. The number of aromatic amines is 2. The van der Waals surface area contributed by atoms with E-state index in [9.17, 15) is 13.2 Å². The third-order valence-electron chi connectivity index (χ3n) is 5.93. The topological polar surface area (TPSA) is 143 Å². The molecule has 172 valence electrons. The van der Waals surface area contributed by atoms with E-state index < -0.39 is 9.84 Å². The normalized spacial score (nSPS) is 16.1. The van der Waals surface area contributed by atoms with Crippen LogP contribution in [-0.2, 0) is 27.5 Å². The molecule has 11 heteroatoms. The van der Waals surface area contributed by atoms with E-state index in [1.165, 1.54) is 12.6 Å². The van der Waals surface area contributed by atoms with Gasteiger partial charge in [-0.3, -0.25) is 9.89 Å². The molecule has 1 amide bonds. The van der Waals surface area contributed by atoms with E-state index in [1.54, 1.807) is 6.20 Å². The Balaban J connectivity index is 1.36. The predicted octanol–water partition coefficient (Wildman–Crippen LogP) is 2.28. The van der Waals surface area contributed by atoms with Gasteiger partial charge in [-0.05, 0) is 49.4 Å². The molecule has 1 aliphatic rings. The standard InChI is InChI=1S/C22H24N6O4S/c1-33(30,31)8-2-7-23-21(29)13-3-5-18-16(10-13)19-20(27-18)24-12-25-22(19)32-15-4-6-17-14(9-15)11-26-28-17/h4,6,9,11-13H,2-3,5,7-8,10H2,1H3,(H,23,29)(H,26,28)(H,24,25,27). The van der Waals surface area contributed by atoms with Crippen molar-refractivity contribution >= 4 is 37.7 Å². The lowest BCUT2D eigenvalue weighted by Gasteiger charge is -2.22. The second-order valence-corrected chi connectivity index (χ2v) is 10.7. The minimum Gasteiger partial charge on any atom is -0.438 e. The average molecular weight is 469 g/mol. The van der Waals surface area contributed by atoms with Crippen LogP contribution in [-0.4, -0.2) is 58.0 Å². The molecule has 0 fully saturated rings. The van der Waals surface area contributed by atoms with Crippen LogP contribution in [0.3, 0.4) is 0 Å². The van der Waals surface area contributed by atoms with Crippen LogP contribution >= 0.6 is 0 Å². The van der Waals surface area contributed by atoms with E-state index >= 15 is 0 Å². The summed E-state index contributed by atoms with van der Waals surface area (Å²) in [5.41, 5.74) is 3.64. The minimum atomic E-state index is -3.03. The number of nitrogens with zero attached hydrogens (tertiary/aromatic N) is 3. The second kappa shape index (κ2) is 8.47. The maximum atomic E-state index is 12.7. The zero-order chi connectivity index (χ0) is 23.0. The summed E-state index contributed by atoms with van der Waals surface area (Å²) in [7, 11) is -3.03. The molecular weight excluding hydrogens is 444 g/mol. The molecule has 0 saturated carbocycles. The van der Waals surface area contributed by atoms with Gasteiger partial charge in [0.2, 0.25) is 11.8 Å². The first-order chi connectivity index (χ1) is 15.9. The molecule has 5 rings (SSSR count). The summed E-state index contributed by atoms with van der Waals surface area (Å²) in [6.45, 7) is 0.344. The van der Waals surface area contributed by atoms with Gasteiger partial charge in [0.1, 0.15) is 27.6 Å². The van der Waals surface area contributed by atoms with E-state index in [0.717, 1.165) is 27.5 Å². The van der Waals surface area contributed by atoms with Crippen molar-refractivity contribution in [3.8, 4) is 11.6 Å². The highest BCUT2D eigenvalue weighted by Crippen LogP contribution is 2.37. The fourth-order valence-corrected chi connectivity index (χ4v) is 4.97. The summed E-state index contributed by atoms with van der Waals surface area (Å²) in [5, 5.41) is 11.5. The molecule has 0 saturated heterocycles. The van der Waals surface area contributed by atoms with Gasteiger partial charge < -0.3 is 15.0 Å². The number of hydrogen-bond donors (Lipinski definition) is 3. The molecule has 0 radical (unpaired) electrons. The number of hydrogen-bond acceptors (Lipinski definition) is 7. The quantitative estimate of drug-likeness (QED) is 0.353. The fraction of sp³-hybridized carbons (Fsp3) is 0.364. The number of H-pyrrole nitrogens is 2. The molecule has 1 aliphatic carbocycles. The Labute approximate surface area is 190 Å². The van der Waals surface area contributed by atoms with Crippen LogP contribution in [0.15, 0.2) is 30.7 Å². The maximum Gasteiger partial charge on any atom is 0.232 e. The van der Waals surface area contributed by atoms with Crippen LogP contribution in [0.25, 0.3) is 21.9 Å². The molecule has 4 aromatic rings. The Bertz CT molecular complexity index is 1440. The Morgan fingerprint density at radius 1 is 1.30 bits per heavy atom. The number of benzene rings is 1. The Morgan fingerprint density at radius 2 is 2.18 bits per heavy atom. The third kappa shape index (κ3) is 4.54. The van der Waals surface area contributed by atoms with Crippen molar-refractivity contribution in [3.63, 3.8) is 0 Å². The number of fused-ring (bicyclic) bond motifs is 4. The molecular formula is C22H24N6O4S. The molecule has 0 aliphatic heterocycles. The summed E-state index contributed by atoms with van der Waals surface area (Å²) in [5.74, 6) is 0.871. The number of sulfone groups is 1. The van der Waals surface area contributed by atoms with E-state index in [4.69, 9.17) is 4.74 Å². The summed E-state index contributed by atoms with van der Waals surface area (Å²) in [6, 6.07) is 5.63. The highest BCUT2D eigenvalue weighted by molar-refractivity contribution is 7.90. The van der Waals surface area contributed by atoms with Gasteiger partial charge in [0, 0.05) is 29.8 Å². The first kappa shape index (κ1) is 21.4. The molecule has 1 unspecified atom stereocenters. The zero-order valence-corrected chi connectivity index (χ0v) is 18.9. The Hall–Kier alpha value is -3.47. The van der Waals surface area contributed by atoms with Crippen LogP contribution < -0.4 is 10.1 Å². The molecule has 33 heavy (non-hydrogen) atoms. The number of nitrogens with one attached hydrogen (secondary N) is 3. The van der Waals surface area contributed by atoms with Gasteiger partial charge in [-0.25, -0.2) is 18.4 Å². The summed E-state index contributed by atoms with van der Waals surface area (Å²) < 4.78 is 28.7. The van der Waals surface area contributed by atoms with Crippen molar-refractivity contribution in [2.45, 2.75) is 25.7 Å². The molecule has 0 spiro atoms. The van der Waals surface area contributed by atoms with Gasteiger partial charge in [0.25, 0.3) is 0 Å². The minimum absolute atomic E-state index is 0.0618. The van der Waals surface area contributed by atoms with Gasteiger partial charge in [0.15, 0.2) is 0 Å². The lowest BCUT2D eigenvalue weighted by Crippen LogP contribution is -2.35. The van der Waals surface area contributed by atoms with Crippen molar-refractivity contribution in [2.24, 2.45) is 5.92 Å². The van der Waals surface area contributed by atoms with Crippen molar-refractivity contribution in [3.05, 3.63) is 42.0 Å². The van der Waals surface area contributed by atoms with Gasteiger partial charge in [-0.1, -0.05) is 0 Å². The van der Waals surface area contributed by atoms with Crippen molar-refractivity contribution in [1.29, 1.82) is 0 Å². The molecule has 10 nitrogen and oxygen atoms in total. The second-order valence-electron chi connectivity index (χ2n) is 8.42. The molecule has 1 aromatic carbocycles. The highest BCUT2D eigenvalue weighted by Gasteiger charge is 2.29. The molecule has 1 atom stereocenters. The fourth-order valence-electron chi connectivity index (χ4n) is 4.30. The van der Waals surface area contributed by atoms with Crippen molar-refractivity contribution in [2.75, 3.05) is 18.6 Å². The molecule has 3 aromatic heterocycles. The third-order valence-corrected chi connectivity index (χ3v) is 6.96. The number of carbonyl (C=O) groups is 1. The van der Waals surface area contributed by atoms with Crippen molar-refractivity contribution in [1.82, 2.24) is 30.5 Å². The van der Waals surface area contributed by atoms with Gasteiger partial charge in [-0.2, -0.15) is 5.10 Å². The Kier molecular flexibility index (Phi) is 5.49. The predicted molar refractivity (Wildman–Crippen MR) is 123 cm³/mol. The van der Waals surface area contributed by atoms with Gasteiger partial charge in [-0.15, -0.1) is 0 Å². The van der Waals surface area contributed by atoms with Crippen LogP contribution in [0.4, 0.5) is 0 Å². The largest absolute Gasteiger partial charge is 0.438 e. The van der Waals surface area contributed by atoms with E-state index in [1.807, 2.05) is 18.2 Å². The molecule has 3 N–H and O–H groups in total. The van der Waals surface area contributed by atoms with Crippen LogP contribution in [0.5, 0.6) is 11.6 Å². The van der Waals surface area contributed by atoms with E-state index in [2.05, 4.69) is 30.5 Å². The van der Waals surface area contributed by atoms with Gasteiger partial charge >= 0.3 is 0 Å². The van der Waals surface area contributed by atoms with Crippen LogP contribution in [0.1, 0.15) is 24.1 Å². The average Bonchev–Trinajstić information content (AvgIpc) is 3.39. The number of carbonyl (C=O) groups excluding carboxylic acids is 1. The van der Waals surface area contributed by atoms with Crippen molar-refractivity contribution < 1.29 is 17.9 Å². The van der Waals surface area contributed by atoms with E-state index in [0.29, 0.717) is 49.5 Å². The van der Waals surface area contributed by atoms with Crippen LogP contribution in [0.2, 0.25) is 0 Å². The molecule has 3 heterocycles. The van der Waals surface area contributed by atoms with Crippen LogP contribution in [0, 0.1) is 5.92 Å². The summed E-state index contributed by atoms with van der Waals surface area (Å²) >= 11 is 0. The van der Waals surface area contributed by atoms with Gasteiger partial charge in [0.05, 0.1) is 22.9 Å². The maximum absolute atomic E-state index is 12.7. The Morgan fingerprint density at radius 3 is 3.03 bits per heavy atom. The lowest BCUT2D eigenvalue weighted by molar-refractivity contribution is -0.125. The molecule has 0 bridgehead atoms. The highest BCUT2D eigenvalue weighted by atomic mass is 32.2. The summed E-state index contributed by atoms with van der Waals surface area (Å²) in [4.78, 5) is 24.8. The zero-order valence-electron chi connectivity index (χ0n) is 18.1.